The van der Waals surface area contributed by atoms with Gasteiger partial charge in [0.05, 0.1) is 0 Å². The molecule has 2 fully saturated rings. The van der Waals surface area contributed by atoms with Crippen molar-refractivity contribution in [2.75, 3.05) is 18.0 Å². The molecule has 2 aliphatic rings. The van der Waals surface area contributed by atoms with E-state index in [9.17, 15) is 0 Å². The monoisotopic (exact) mass is 266 g/mol. The molecule has 1 aliphatic carbocycles. The summed E-state index contributed by atoms with van der Waals surface area (Å²) in [6, 6.07) is 0.567. The van der Waals surface area contributed by atoms with Gasteiger partial charge in [0, 0.05) is 19.1 Å². The zero-order chi connectivity index (χ0) is 12.7. The summed E-state index contributed by atoms with van der Waals surface area (Å²) >= 11 is 5.42. The lowest BCUT2D eigenvalue weighted by Crippen LogP contribution is -2.25. The van der Waals surface area contributed by atoms with Crippen LogP contribution in [0.15, 0.2) is 0 Å². The summed E-state index contributed by atoms with van der Waals surface area (Å²) in [5.74, 6) is 2.56. The third-order valence-corrected chi connectivity index (χ3v) is 4.93. The van der Waals surface area contributed by atoms with Crippen molar-refractivity contribution in [3.63, 3.8) is 0 Å². The molecule has 2 unspecified atom stereocenters. The van der Waals surface area contributed by atoms with Crippen LogP contribution >= 0.6 is 12.2 Å². The molecule has 4 nitrogen and oxygen atoms in total. The molecule has 2 atom stereocenters. The highest BCUT2D eigenvalue weighted by molar-refractivity contribution is 7.71. The maximum atomic E-state index is 5.42. The molecule has 0 aromatic carbocycles. The van der Waals surface area contributed by atoms with Gasteiger partial charge in [0.2, 0.25) is 5.95 Å². The summed E-state index contributed by atoms with van der Waals surface area (Å²) in [5, 5.41) is 7.48. The highest BCUT2D eigenvalue weighted by Crippen LogP contribution is 2.34. The standard InChI is InChI=1S/C13H22N4S/c1-9-7-16(8-10(9)2)12-14-15-13(18)17(12)11-5-3-4-6-11/h9-11H,3-8H2,1-2H3,(H,15,18). The quantitative estimate of drug-likeness (QED) is 0.836. The summed E-state index contributed by atoms with van der Waals surface area (Å²) < 4.78 is 3.07. The second-order valence-corrected chi connectivity index (χ2v) is 6.38. The van der Waals surface area contributed by atoms with Gasteiger partial charge in [0.25, 0.3) is 0 Å². The van der Waals surface area contributed by atoms with Gasteiger partial charge in [0.15, 0.2) is 4.77 Å². The third-order valence-electron chi connectivity index (χ3n) is 4.65. The Morgan fingerprint density at radius 3 is 2.39 bits per heavy atom. The van der Waals surface area contributed by atoms with Crippen LogP contribution in [0.4, 0.5) is 5.95 Å². The minimum absolute atomic E-state index is 0.567. The van der Waals surface area contributed by atoms with Gasteiger partial charge in [-0.25, -0.2) is 5.10 Å². The average molecular weight is 266 g/mol. The lowest BCUT2D eigenvalue weighted by Gasteiger charge is -2.21. The maximum Gasteiger partial charge on any atom is 0.225 e. The molecule has 0 amide bonds. The zero-order valence-corrected chi connectivity index (χ0v) is 12.0. The fraction of sp³-hybridized carbons (Fsp3) is 0.846. The molecule has 1 aromatic heterocycles. The maximum absolute atomic E-state index is 5.42. The predicted octanol–water partition coefficient (Wildman–Crippen LogP) is 3.15. The smallest absolute Gasteiger partial charge is 0.225 e. The summed E-state index contributed by atoms with van der Waals surface area (Å²) in [6.07, 6.45) is 5.15. The van der Waals surface area contributed by atoms with E-state index in [4.69, 9.17) is 12.2 Å². The first-order valence-corrected chi connectivity index (χ1v) is 7.49. The molecule has 2 heterocycles. The van der Waals surface area contributed by atoms with Crippen molar-refractivity contribution in [3.8, 4) is 0 Å². The first-order chi connectivity index (χ1) is 8.66. The fourth-order valence-corrected chi connectivity index (χ4v) is 3.58. The molecule has 3 rings (SSSR count). The number of nitrogens with one attached hydrogen (secondary N) is 1. The van der Waals surface area contributed by atoms with Crippen LogP contribution in [-0.4, -0.2) is 27.9 Å². The van der Waals surface area contributed by atoms with E-state index in [-0.39, 0.29) is 0 Å². The zero-order valence-electron chi connectivity index (χ0n) is 11.2. The van der Waals surface area contributed by atoms with E-state index in [0.29, 0.717) is 6.04 Å². The van der Waals surface area contributed by atoms with Crippen molar-refractivity contribution in [1.82, 2.24) is 14.8 Å². The average Bonchev–Trinajstić information content (AvgIpc) is 3.01. The first kappa shape index (κ1) is 12.2. The molecule has 1 aliphatic heterocycles. The summed E-state index contributed by atoms with van der Waals surface area (Å²) in [7, 11) is 0. The van der Waals surface area contributed by atoms with Crippen molar-refractivity contribution in [3.05, 3.63) is 4.77 Å². The van der Waals surface area contributed by atoms with Crippen LogP contribution < -0.4 is 4.90 Å². The van der Waals surface area contributed by atoms with Gasteiger partial charge in [-0.2, -0.15) is 0 Å². The third kappa shape index (κ3) is 1.98. The van der Waals surface area contributed by atoms with Crippen LogP contribution in [0, 0.1) is 16.6 Å². The first-order valence-electron chi connectivity index (χ1n) is 7.08. The van der Waals surface area contributed by atoms with E-state index in [1.54, 1.807) is 0 Å². The van der Waals surface area contributed by atoms with Crippen molar-refractivity contribution >= 4 is 18.2 Å². The summed E-state index contributed by atoms with van der Waals surface area (Å²) in [6.45, 7) is 6.86. The Balaban J connectivity index is 1.90. The van der Waals surface area contributed by atoms with E-state index >= 15 is 0 Å². The van der Waals surface area contributed by atoms with Crippen molar-refractivity contribution in [1.29, 1.82) is 0 Å². The Labute approximate surface area is 113 Å². The molecule has 1 saturated heterocycles. The highest BCUT2D eigenvalue weighted by Gasteiger charge is 2.31. The number of nitrogens with zero attached hydrogens (tertiary/aromatic N) is 3. The molecule has 5 heteroatoms. The van der Waals surface area contributed by atoms with Crippen molar-refractivity contribution < 1.29 is 0 Å². The Kier molecular flexibility index (Phi) is 3.18. The van der Waals surface area contributed by atoms with Crippen molar-refractivity contribution in [2.24, 2.45) is 11.8 Å². The molecule has 0 bridgehead atoms. The van der Waals surface area contributed by atoms with Crippen LogP contribution in [0.1, 0.15) is 45.6 Å². The van der Waals surface area contributed by atoms with Gasteiger partial charge in [-0.15, -0.1) is 5.10 Å². The second kappa shape index (κ2) is 4.68. The molecule has 1 saturated carbocycles. The minimum atomic E-state index is 0.567. The van der Waals surface area contributed by atoms with Gasteiger partial charge in [0.1, 0.15) is 0 Å². The Morgan fingerprint density at radius 2 is 1.78 bits per heavy atom. The van der Waals surface area contributed by atoms with E-state index in [2.05, 4.69) is 33.5 Å². The molecule has 18 heavy (non-hydrogen) atoms. The number of hydrogen-bond acceptors (Lipinski definition) is 3. The van der Waals surface area contributed by atoms with E-state index in [1.807, 2.05) is 0 Å². The number of H-pyrrole nitrogens is 1. The molecule has 1 aromatic rings. The topological polar surface area (TPSA) is 36.9 Å². The summed E-state index contributed by atoms with van der Waals surface area (Å²) in [4.78, 5) is 2.40. The molecular weight excluding hydrogens is 244 g/mol. The van der Waals surface area contributed by atoms with Gasteiger partial charge >= 0.3 is 0 Å². The Bertz CT molecular complexity index is 462. The number of aromatic nitrogens is 3. The van der Waals surface area contributed by atoms with Crippen LogP contribution in [-0.2, 0) is 0 Å². The number of rotatable bonds is 2. The van der Waals surface area contributed by atoms with Gasteiger partial charge in [-0.3, -0.25) is 4.57 Å². The van der Waals surface area contributed by atoms with Crippen LogP contribution in [0.5, 0.6) is 0 Å². The normalized spacial score (nSPS) is 29.3. The van der Waals surface area contributed by atoms with Gasteiger partial charge in [-0.05, 0) is 36.9 Å². The molecule has 1 N–H and O–H groups in total. The van der Waals surface area contributed by atoms with E-state index < -0.39 is 0 Å². The Morgan fingerprint density at radius 1 is 1.17 bits per heavy atom. The largest absolute Gasteiger partial charge is 0.340 e. The Hall–Kier alpha value is -0.840. The number of anilines is 1. The van der Waals surface area contributed by atoms with E-state index in [1.165, 1.54) is 25.7 Å². The molecule has 0 radical (unpaired) electrons. The highest BCUT2D eigenvalue weighted by atomic mass is 32.1. The van der Waals surface area contributed by atoms with Crippen LogP contribution in [0.3, 0.4) is 0 Å². The van der Waals surface area contributed by atoms with Crippen LogP contribution in [0.2, 0.25) is 0 Å². The van der Waals surface area contributed by atoms with Gasteiger partial charge in [-0.1, -0.05) is 26.7 Å². The molecule has 100 valence electrons. The van der Waals surface area contributed by atoms with E-state index in [0.717, 1.165) is 35.6 Å². The number of aromatic amines is 1. The van der Waals surface area contributed by atoms with Crippen molar-refractivity contribution in [2.45, 2.75) is 45.6 Å². The second-order valence-electron chi connectivity index (χ2n) is 6.00. The lowest BCUT2D eigenvalue weighted by atomic mass is 10.0. The lowest BCUT2D eigenvalue weighted by molar-refractivity contribution is 0.494. The predicted molar refractivity (Wildman–Crippen MR) is 75.5 cm³/mol. The number of hydrogen-bond donors (Lipinski definition) is 1. The summed E-state index contributed by atoms with van der Waals surface area (Å²) in [5.41, 5.74) is 0. The van der Waals surface area contributed by atoms with Gasteiger partial charge < -0.3 is 4.90 Å². The SMILES string of the molecule is CC1CN(c2n[nH]c(=S)n2C2CCCC2)CC1C. The fourth-order valence-electron chi connectivity index (χ4n) is 3.30. The molecule has 0 spiro atoms. The minimum Gasteiger partial charge on any atom is -0.340 e. The van der Waals surface area contributed by atoms with Crippen LogP contribution in [0.25, 0.3) is 0 Å². The molecular formula is C13H22N4S.